The van der Waals surface area contributed by atoms with Crippen molar-refractivity contribution in [1.29, 1.82) is 0 Å². The maximum atomic E-state index is 11.2. The van der Waals surface area contributed by atoms with E-state index in [-0.39, 0.29) is 6.61 Å². The fraction of sp³-hybridized carbons (Fsp3) is 0.364. The summed E-state index contributed by atoms with van der Waals surface area (Å²) in [5.74, 6) is -1.06. The minimum absolute atomic E-state index is 0.0250. The van der Waals surface area contributed by atoms with E-state index in [1.165, 1.54) is 14.2 Å². The van der Waals surface area contributed by atoms with Crippen LogP contribution in [0.15, 0.2) is 30.3 Å². The van der Waals surface area contributed by atoms with Gasteiger partial charge in [-0.3, -0.25) is 0 Å². The first-order valence-electron chi connectivity index (χ1n) is 4.50. The maximum Gasteiger partial charge on any atom is 0.343 e. The lowest BCUT2D eigenvalue weighted by Crippen LogP contribution is -2.42. The van der Waals surface area contributed by atoms with E-state index < -0.39 is 11.6 Å². The Morgan fingerprint density at radius 3 is 2.33 bits per heavy atom. The molecule has 0 aliphatic heterocycles. The number of hydrogen-bond acceptors (Lipinski definition) is 3. The van der Waals surface area contributed by atoms with Crippen LogP contribution in [0, 0.1) is 0 Å². The minimum Gasteiger partial charge on any atom is -0.479 e. The fourth-order valence-corrected chi connectivity index (χ4v) is 1.44. The number of aliphatic carboxylic acids is 1. The highest BCUT2D eigenvalue weighted by atomic mass is 16.6. The van der Waals surface area contributed by atoms with Crippen molar-refractivity contribution >= 4 is 5.97 Å². The highest BCUT2D eigenvalue weighted by Gasteiger charge is 2.40. The SMILES string of the molecule is COCC(OC)(C(=O)O)c1ccccc1. The average Bonchev–Trinajstić information content (AvgIpc) is 2.26. The first kappa shape index (κ1) is 11.7. The summed E-state index contributed by atoms with van der Waals surface area (Å²) in [4.78, 5) is 11.2. The third kappa shape index (κ3) is 2.16. The summed E-state index contributed by atoms with van der Waals surface area (Å²) in [6, 6.07) is 8.76. The molecular weight excluding hydrogens is 196 g/mol. The number of methoxy groups -OCH3 is 2. The summed E-state index contributed by atoms with van der Waals surface area (Å²) < 4.78 is 10.0. The van der Waals surface area contributed by atoms with Crippen molar-refractivity contribution in [3.05, 3.63) is 35.9 Å². The molecule has 0 bridgehead atoms. The van der Waals surface area contributed by atoms with Crippen LogP contribution in [0.1, 0.15) is 5.56 Å². The van der Waals surface area contributed by atoms with Gasteiger partial charge in [-0.15, -0.1) is 0 Å². The smallest absolute Gasteiger partial charge is 0.343 e. The van der Waals surface area contributed by atoms with Crippen LogP contribution in [0.2, 0.25) is 0 Å². The molecule has 15 heavy (non-hydrogen) atoms. The van der Waals surface area contributed by atoms with Gasteiger partial charge < -0.3 is 14.6 Å². The second kappa shape index (κ2) is 4.91. The van der Waals surface area contributed by atoms with Gasteiger partial charge in [-0.2, -0.15) is 0 Å². The van der Waals surface area contributed by atoms with E-state index in [0.717, 1.165) is 0 Å². The molecule has 0 saturated carbocycles. The molecule has 1 rings (SSSR count). The standard InChI is InChI=1S/C11H14O4/c1-14-8-11(15-2,10(12)13)9-6-4-3-5-7-9/h3-7H,8H2,1-2H3,(H,12,13). The van der Waals surface area contributed by atoms with E-state index in [1.807, 2.05) is 6.07 Å². The van der Waals surface area contributed by atoms with E-state index >= 15 is 0 Å². The van der Waals surface area contributed by atoms with Crippen molar-refractivity contribution in [2.24, 2.45) is 0 Å². The van der Waals surface area contributed by atoms with Crippen molar-refractivity contribution in [2.45, 2.75) is 5.60 Å². The first-order valence-corrected chi connectivity index (χ1v) is 4.50. The monoisotopic (exact) mass is 210 g/mol. The number of rotatable bonds is 5. The van der Waals surface area contributed by atoms with E-state index in [9.17, 15) is 9.90 Å². The van der Waals surface area contributed by atoms with Crippen LogP contribution < -0.4 is 0 Å². The fourth-order valence-electron chi connectivity index (χ4n) is 1.44. The van der Waals surface area contributed by atoms with E-state index in [1.54, 1.807) is 24.3 Å². The number of carboxylic acids is 1. The Morgan fingerprint density at radius 2 is 1.93 bits per heavy atom. The van der Waals surface area contributed by atoms with Crippen LogP contribution in [0.25, 0.3) is 0 Å². The predicted octanol–water partition coefficient (Wildman–Crippen LogP) is 1.26. The van der Waals surface area contributed by atoms with Gasteiger partial charge in [0.2, 0.25) is 5.60 Å². The van der Waals surface area contributed by atoms with Gasteiger partial charge in [0.05, 0.1) is 6.61 Å². The molecule has 0 spiro atoms. The van der Waals surface area contributed by atoms with Gasteiger partial charge >= 0.3 is 5.97 Å². The minimum atomic E-state index is -1.42. The van der Waals surface area contributed by atoms with Gasteiger partial charge in [0, 0.05) is 14.2 Å². The van der Waals surface area contributed by atoms with Crippen molar-refractivity contribution in [1.82, 2.24) is 0 Å². The third-order valence-electron chi connectivity index (χ3n) is 2.28. The Bertz CT molecular complexity index is 323. The molecule has 0 heterocycles. The van der Waals surface area contributed by atoms with Crippen LogP contribution in [-0.2, 0) is 19.9 Å². The van der Waals surface area contributed by atoms with Crippen molar-refractivity contribution in [2.75, 3.05) is 20.8 Å². The highest BCUT2D eigenvalue weighted by Crippen LogP contribution is 2.25. The number of carbonyl (C=O) groups is 1. The summed E-state index contributed by atoms with van der Waals surface area (Å²) >= 11 is 0. The lowest BCUT2D eigenvalue weighted by molar-refractivity contribution is -0.170. The Hall–Kier alpha value is -1.39. The van der Waals surface area contributed by atoms with Crippen LogP contribution in [0.5, 0.6) is 0 Å². The molecule has 4 heteroatoms. The molecule has 0 aliphatic carbocycles. The molecule has 0 fully saturated rings. The van der Waals surface area contributed by atoms with E-state index in [2.05, 4.69) is 0 Å². The topological polar surface area (TPSA) is 55.8 Å². The van der Waals surface area contributed by atoms with Crippen molar-refractivity contribution < 1.29 is 19.4 Å². The lowest BCUT2D eigenvalue weighted by atomic mass is 9.94. The van der Waals surface area contributed by atoms with Gasteiger partial charge in [-0.1, -0.05) is 30.3 Å². The molecule has 1 aromatic carbocycles. The molecule has 1 aromatic rings. The Labute approximate surface area is 88.4 Å². The third-order valence-corrected chi connectivity index (χ3v) is 2.28. The summed E-state index contributed by atoms with van der Waals surface area (Å²) in [5.41, 5.74) is -0.849. The van der Waals surface area contributed by atoms with Crippen LogP contribution >= 0.6 is 0 Å². The second-order valence-electron chi connectivity index (χ2n) is 3.14. The van der Waals surface area contributed by atoms with E-state index in [4.69, 9.17) is 9.47 Å². The molecule has 0 aromatic heterocycles. The molecule has 0 radical (unpaired) electrons. The van der Waals surface area contributed by atoms with E-state index in [0.29, 0.717) is 5.56 Å². The molecule has 0 saturated heterocycles. The lowest BCUT2D eigenvalue weighted by Gasteiger charge is -2.27. The van der Waals surface area contributed by atoms with Gasteiger partial charge in [-0.25, -0.2) is 4.79 Å². The predicted molar refractivity (Wildman–Crippen MR) is 54.6 cm³/mol. The Morgan fingerprint density at radius 1 is 1.33 bits per heavy atom. The Kier molecular flexibility index (Phi) is 3.82. The highest BCUT2D eigenvalue weighted by molar-refractivity contribution is 5.79. The largest absolute Gasteiger partial charge is 0.479 e. The zero-order chi connectivity index (χ0) is 11.3. The normalized spacial score (nSPS) is 14.5. The summed E-state index contributed by atoms with van der Waals surface area (Å²) in [5, 5.41) is 9.20. The van der Waals surface area contributed by atoms with Gasteiger partial charge in [-0.05, 0) is 5.56 Å². The molecule has 1 N–H and O–H groups in total. The van der Waals surface area contributed by atoms with Crippen molar-refractivity contribution in [3.63, 3.8) is 0 Å². The van der Waals surface area contributed by atoms with Crippen LogP contribution in [0.4, 0.5) is 0 Å². The average molecular weight is 210 g/mol. The molecule has 1 atom stereocenters. The number of carboxylic acid groups (broad SMARTS) is 1. The summed E-state index contributed by atoms with van der Waals surface area (Å²) in [6.45, 7) is -0.0250. The summed E-state index contributed by atoms with van der Waals surface area (Å²) in [6.07, 6.45) is 0. The zero-order valence-electron chi connectivity index (χ0n) is 8.77. The molecule has 82 valence electrons. The zero-order valence-corrected chi connectivity index (χ0v) is 8.77. The number of benzene rings is 1. The molecule has 0 amide bonds. The van der Waals surface area contributed by atoms with Crippen LogP contribution in [-0.4, -0.2) is 31.9 Å². The quantitative estimate of drug-likeness (QED) is 0.794. The molecule has 0 aliphatic rings. The second-order valence-corrected chi connectivity index (χ2v) is 3.14. The summed E-state index contributed by atoms with van der Waals surface area (Å²) in [7, 11) is 2.81. The van der Waals surface area contributed by atoms with Gasteiger partial charge in [0.15, 0.2) is 0 Å². The van der Waals surface area contributed by atoms with Crippen LogP contribution in [0.3, 0.4) is 0 Å². The number of ether oxygens (including phenoxy) is 2. The first-order chi connectivity index (χ1) is 7.17. The Balaban J connectivity index is 3.15. The molecular formula is C11H14O4. The maximum absolute atomic E-state index is 11.2. The van der Waals surface area contributed by atoms with Crippen molar-refractivity contribution in [3.8, 4) is 0 Å². The number of hydrogen-bond donors (Lipinski definition) is 1. The molecule has 1 unspecified atom stereocenters. The molecule has 4 nitrogen and oxygen atoms in total. The van der Waals surface area contributed by atoms with Gasteiger partial charge in [0.25, 0.3) is 0 Å². The van der Waals surface area contributed by atoms with Gasteiger partial charge in [0.1, 0.15) is 0 Å².